The van der Waals surface area contributed by atoms with Crippen molar-refractivity contribution in [2.24, 2.45) is 0 Å². The van der Waals surface area contributed by atoms with Crippen LogP contribution in [0, 0.1) is 0 Å². The summed E-state index contributed by atoms with van der Waals surface area (Å²) in [7, 11) is 0. The molecular formula is C26H35NO4S. The van der Waals surface area contributed by atoms with Crippen LogP contribution < -0.4 is 10.4 Å². The van der Waals surface area contributed by atoms with Crippen molar-refractivity contribution < 1.29 is 13.9 Å². The van der Waals surface area contributed by atoms with Crippen molar-refractivity contribution in [3.05, 3.63) is 45.6 Å². The number of thiophene rings is 1. The number of pyridine rings is 1. The first kappa shape index (κ1) is 24.5. The lowest BCUT2D eigenvalue weighted by Gasteiger charge is -2.07. The molecule has 0 aliphatic carbocycles. The minimum Gasteiger partial charge on any atom is -0.478 e. The number of hydrogen-bond donors (Lipinski definition) is 0. The van der Waals surface area contributed by atoms with E-state index in [0.717, 1.165) is 30.6 Å². The molecule has 0 aromatic carbocycles. The lowest BCUT2D eigenvalue weighted by atomic mass is 10.1. The molecule has 0 saturated heterocycles. The summed E-state index contributed by atoms with van der Waals surface area (Å²) in [6, 6.07) is 5.46. The van der Waals surface area contributed by atoms with Crippen LogP contribution in [-0.2, 0) is 4.74 Å². The van der Waals surface area contributed by atoms with Crippen LogP contribution in [-0.4, -0.2) is 24.8 Å². The predicted octanol–water partition coefficient (Wildman–Crippen LogP) is 7.23. The van der Waals surface area contributed by atoms with Crippen molar-refractivity contribution in [2.75, 3.05) is 19.8 Å². The van der Waals surface area contributed by atoms with Gasteiger partial charge in [0.15, 0.2) is 0 Å². The Bertz CT molecular complexity index is 968. The van der Waals surface area contributed by atoms with E-state index in [9.17, 15) is 4.79 Å². The molecule has 0 aliphatic rings. The normalized spacial score (nSPS) is 11.3. The first-order chi connectivity index (χ1) is 15.8. The van der Waals surface area contributed by atoms with E-state index in [4.69, 9.17) is 13.9 Å². The van der Waals surface area contributed by atoms with Gasteiger partial charge in [0.25, 0.3) is 0 Å². The van der Waals surface area contributed by atoms with E-state index in [2.05, 4.69) is 11.9 Å². The molecule has 0 bridgehead atoms. The van der Waals surface area contributed by atoms with Crippen molar-refractivity contribution in [1.29, 1.82) is 0 Å². The molecule has 0 aliphatic heterocycles. The third-order valence-corrected chi connectivity index (χ3v) is 6.24. The zero-order valence-corrected chi connectivity index (χ0v) is 20.0. The minimum absolute atomic E-state index is 0.335. The highest BCUT2D eigenvalue weighted by atomic mass is 32.1. The number of aromatic nitrogens is 1. The molecular weight excluding hydrogens is 422 g/mol. The summed E-state index contributed by atoms with van der Waals surface area (Å²) in [5, 5.41) is 4.68. The molecule has 3 heterocycles. The summed E-state index contributed by atoms with van der Waals surface area (Å²) >= 11 is 1.55. The number of rotatable bonds is 16. The van der Waals surface area contributed by atoms with E-state index < -0.39 is 0 Å². The first-order valence-electron chi connectivity index (χ1n) is 11.9. The van der Waals surface area contributed by atoms with Gasteiger partial charge >= 0.3 is 5.63 Å². The zero-order chi connectivity index (χ0) is 22.4. The number of fused-ring (bicyclic) bond motifs is 1. The number of hydrogen-bond acceptors (Lipinski definition) is 6. The van der Waals surface area contributed by atoms with Gasteiger partial charge in [0.1, 0.15) is 5.58 Å². The van der Waals surface area contributed by atoms with E-state index in [1.807, 2.05) is 22.9 Å². The van der Waals surface area contributed by atoms with Gasteiger partial charge in [-0.2, -0.15) is 11.3 Å². The Hall–Kier alpha value is -2.18. The van der Waals surface area contributed by atoms with Crippen LogP contribution in [0.4, 0.5) is 0 Å². The molecule has 0 fully saturated rings. The monoisotopic (exact) mass is 457 g/mol. The third-order valence-electron chi connectivity index (χ3n) is 5.56. The van der Waals surface area contributed by atoms with Gasteiger partial charge in [-0.1, -0.05) is 51.4 Å². The third kappa shape index (κ3) is 8.06. The molecule has 0 N–H and O–H groups in total. The van der Waals surface area contributed by atoms with Gasteiger partial charge in [-0.25, -0.2) is 9.78 Å². The van der Waals surface area contributed by atoms with Gasteiger partial charge in [0, 0.05) is 30.9 Å². The van der Waals surface area contributed by atoms with Crippen molar-refractivity contribution in [3.8, 4) is 17.0 Å². The van der Waals surface area contributed by atoms with Crippen LogP contribution in [0.5, 0.6) is 5.88 Å². The smallest absolute Gasteiger partial charge is 0.344 e. The molecule has 0 radical (unpaired) electrons. The maximum Gasteiger partial charge on any atom is 0.344 e. The SMILES string of the molecule is CCOCCCCCCCCCCCCOc1cc2oc(=O)c(-c3ccsc3)cc2cn1. The van der Waals surface area contributed by atoms with Crippen LogP contribution in [0.25, 0.3) is 22.1 Å². The fourth-order valence-corrected chi connectivity index (χ4v) is 4.39. The van der Waals surface area contributed by atoms with E-state index in [1.54, 1.807) is 23.6 Å². The molecule has 0 atom stereocenters. The van der Waals surface area contributed by atoms with Crippen molar-refractivity contribution >= 4 is 22.3 Å². The summed E-state index contributed by atoms with van der Waals surface area (Å²) in [5.74, 6) is 0.508. The molecule has 32 heavy (non-hydrogen) atoms. The van der Waals surface area contributed by atoms with E-state index in [1.165, 1.54) is 57.8 Å². The molecule has 0 saturated carbocycles. The minimum atomic E-state index is -0.335. The van der Waals surface area contributed by atoms with Crippen LogP contribution in [0.1, 0.15) is 71.1 Å². The summed E-state index contributed by atoms with van der Waals surface area (Å²) in [4.78, 5) is 16.7. The Kier molecular flexibility index (Phi) is 10.8. The Morgan fingerprint density at radius 3 is 2.28 bits per heavy atom. The van der Waals surface area contributed by atoms with Crippen molar-refractivity contribution in [2.45, 2.75) is 71.1 Å². The first-order valence-corrected chi connectivity index (χ1v) is 12.9. The molecule has 6 heteroatoms. The van der Waals surface area contributed by atoms with Gasteiger partial charge < -0.3 is 13.9 Å². The maximum atomic E-state index is 12.3. The lowest BCUT2D eigenvalue weighted by Crippen LogP contribution is -2.03. The predicted molar refractivity (Wildman–Crippen MR) is 132 cm³/mol. The summed E-state index contributed by atoms with van der Waals surface area (Å²) in [6.07, 6.45) is 14.3. The van der Waals surface area contributed by atoms with Gasteiger partial charge in [-0.15, -0.1) is 0 Å². The zero-order valence-electron chi connectivity index (χ0n) is 19.1. The van der Waals surface area contributed by atoms with Crippen LogP contribution in [0.3, 0.4) is 0 Å². The molecule has 5 nitrogen and oxygen atoms in total. The molecule has 0 amide bonds. The van der Waals surface area contributed by atoms with Gasteiger partial charge in [-0.05, 0) is 48.2 Å². The molecule has 3 rings (SSSR count). The Balaban J connectivity index is 1.28. The van der Waals surface area contributed by atoms with E-state index in [-0.39, 0.29) is 5.63 Å². The Morgan fingerprint density at radius 2 is 1.62 bits per heavy atom. The largest absolute Gasteiger partial charge is 0.478 e. The van der Waals surface area contributed by atoms with Crippen molar-refractivity contribution in [3.63, 3.8) is 0 Å². The second-order valence-electron chi connectivity index (χ2n) is 8.10. The highest BCUT2D eigenvalue weighted by Crippen LogP contribution is 2.24. The van der Waals surface area contributed by atoms with Crippen LogP contribution >= 0.6 is 11.3 Å². The summed E-state index contributed by atoms with van der Waals surface area (Å²) in [6.45, 7) is 4.43. The lowest BCUT2D eigenvalue weighted by molar-refractivity contribution is 0.143. The number of unbranched alkanes of at least 4 members (excludes halogenated alkanes) is 9. The van der Waals surface area contributed by atoms with E-state index >= 15 is 0 Å². The summed E-state index contributed by atoms with van der Waals surface area (Å²) < 4.78 is 16.6. The Morgan fingerprint density at radius 1 is 0.938 bits per heavy atom. The fourth-order valence-electron chi connectivity index (χ4n) is 3.73. The van der Waals surface area contributed by atoms with Gasteiger partial charge in [0.05, 0.1) is 12.2 Å². The van der Waals surface area contributed by atoms with E-state index in [0.29, 0.717) is 23.6 Å². The second kappa shape index (κ2) is 14.1. The average molecular weight is 458 g/mol. The average Bonchev–Trinajstić information content (AvgIpc) is 3.33. The highest BCUT2D eigenvalue weighted by molar-refractivity contribution is 7.08. The fraction of sp³-hybridized carbons (Fsp3) is 0.538. The number of ether oxygens (including phenoxy) is 2. The van der Waals surface area contributed by atoms with Crippen LogP contribution in [0.15, 0.2) is 44.4 Å². The van der Waals surface area contributed by atoms with Gasteiger partial charge in [-0.3, -0.25) is 0 Å². The standard InChI is InChI=1S/C26H35NO4S/c1-2-29-14-11-9-7-5-3-4-6-8-10-12-15-30-25-18-24-22(19-27-25)17-23(26(28)31-24)21-13-16-32-20-21/h13,16-20H,2-12,14-15H2,1H3. The van der Waals surface area contributed by atoms with Gasteiger partial charge in [0.2, 0.25) is 5.88 Å². The second-order valence-corrected chi connectivity index (χ2v) is 8.88. The molecule has 3 aromatic heterocycles. The maximum absolute atomic E-state index is 12.3. The summed E-state index contributed by atoms with van der Waals surface area (Å²) in [5.41, 5.74) is 1.62. The van der Waals surface area contributed by atoms with Crippen LogP contribution in [0.2, 0.25) is 0 Å². The van der Waals surface area contributed by atoms with Crippen molar-refractivity contribution in [1.82, 2.24) is 4.98 Å². The topological polar surface area (TPSA) is 61.6 Å². The molecule has 0 spiro atoms. The quantitative estimate of drug-likeness (QED) is 0.212. The molecule has 3 aromatic rings. The molecule has 0 unspecified atom stereocenters. The highest BCUT2D eigenvalue weighted by Gasteiger charge is 2.09. The molecule has 174 valence electrons. The Labute approximate surface area is 194 Å². The number of nitrogens with zero attached hydrogens (tertiary/aromatic N) is 1.